The summed E-state index contributed by atoms with van der Waals surface area (Å²) in [7, 11) is -2.65. The van der Waals surface area contributed by atoms with Crippen molar-refractivity contribution in [1.82, 2.24) is 19.2 Å². The number of hydrogen-bond donors (Lipinski definition) is 1. The summed E-state index contributed by atoms with van der Waals surface area (Å²) in [4.78, 5) is 34.0. The first-order valence-electron chi connectivity index (χ1n) is 17.4. The first-order chi connectivity index (χ1) is 22.5. The molecule has 11 heteroatoms. The molecule has 2 aromatic carbocycles. The van der Waals surface area contributed by atoms with E-state index in [0.29, 0.717) is 31.1 Å². The van der Waals surface area contributed by atoms with Crippen LogP contribution in [0.1, 0.15) is 104 Å². The van der Waals surface area contributed by atoms with Gasteiger partial charge >= 0.3 is 0 Å². The molecule has 48 heavy (non-hydrogen) atoms. The average Bonchev–Trinajstić information content (AvgIpc) is 3.73. The van der Waals surface area contributed by atoms with Crippen molar-refractivity contribution in [2.24, 2.45) is 11.8 Å². The highest BCUT2D eigenvalue weighted by Gasteiger charge is 2.46. The molecular formula is C37H52N4O5SSi. The summed E-state index contributed by atoms with van der Waals surface area (Å²) >= 11 is 0. The Hall–Kier alpha value is -2.70. The van der Waals surface area contributed by atoms with E-state index in [4.69, 9.17) is 14.5 Å². The van der Waals surface area contributed by atoms with Gasteiger partial charge in [0, 0.05) is 21.3 Å². The quantitative estimate of drug-likeness (QED) is 0.121. The Morgan fingerprint density at radius 1 is 1.04 bits per heavy atom. The summed E-state index contributed by atoms with van der Waals surface area (Å²) in [6.45, 7) is 18.8. The van der Waals surface area contributed by atoms with Crippen LogP contribution in [0.3, 0.4) is 0 Å². The average molecular weight is 693 g/mol. The molecule has 1 saturated carbocycles. The predicted molar refractivity (Wildman–Crippen MR) is 193 cm³/mol. The number of hydrogen-bond acceptors (Lipinski definition) is 6. The summed E-state index contributed by atoms with van der Waals surface area (Å²) in [6.07, 6.45) is 3.53. The maximum atomic E-state index is 13.7. The van der Waals surface area contributed by atoms with Crippen molar-refractivity contribution in [3.05, 3.63) is 65.0 Å². The molecule has 1 aromatic heterocycles. The minimum atomic E-state index is -1.34. The zero-order valence-electron chi connectivity index (χ0n) is 29.8. The lowest BCUT2D eigenvalue weighted by atomic mass is 9.83. The molecule has 2 amide bonds. The Bertz CT molecular complexity index is 1690. The SMILES string of the molecule is CC1(C)CC([C@H](NS(=O)C(C)(C)C)c2nc3cc([C@@H](C4CC4)N4C(=O)c5ccccc5C4=O)ccc3n2COCC[Si](C)(C)C)CCO1. The van der Waals surface area contributed by atoms with Gasteiger partial charge in [0.15, 0.2) is 0 Å². The van der Waals surface area contributed by atoms with Crippen molar-refractivity contribution in [3.63, 3.8) is 0 Å². The highest BCUT2D eigenvalue weighted by Crippen LogP contribution is 2.48. The van der Waals surface area contributed by atoms with E-state index in [2.05, 4.69) is 54.9 Å². The molecule has 6 rings (SSSR count). The number of carbonyl (C=O) groups is 2. The number of benzene rings is 2. The first-order valence-corrected chi connectivity index (χ1v) is 22.3. The highest BCUT2D eigenvalue weighted by molar-refractivity contribution is 7.84. The Balaban J connectivity index is 1.42. The van der Waals surface area contributed by atoms with Gasteiger partial charge in [-0.15, -0.1) is 0 Å². The Labute approximate surface area is 288 Å². The third-order valence-corrected chi connectivity index (χ3v) is 13.1. The van der Waals surface area contributed by atoms with Gasteiger partial charge in [0.2, 0.25) is 0 Å². The number of ether oxygens (including phenoxy) is 2. The maximum Gasteiger partial charge on any atom is 0.262 e. The lowest BCUT2D eigenvalue weighted by molar-refractivity contribution is -0.0781. The molecule has 3 heterocycles. The molecule has 1 saturated heterocycles. The molecule has 2 aliphatic heterocycles. The second kappa shape index (κ2) is 13.2. The fraction of sp³-hybridized carbons (Fsp3) is 0.595. The fourth-order valence-electron chi connectivity index (χ4n) is 6.98. The Morgan fingerprint density at radius 3 is 2.29 bits per heavy atom. The molecular weight excluding hydrogens is 641 g/mol. The monoisotopic (exact) mass is 692 g/mol. The number of amides is 2. The molecule has 2 unspecified atom stereocenters. The first kappa shape index (κ1) is 35.1. The lowest BCUT2D eigenvalue weighted by Crippen LogP contribution is -2.44. The number of imide groups is 1. The lowest BCUT2D eigenvalue weighted by Gasteiger charge is -2.39. The minimum absolute atomic E-state index is 0.134. The summed E-state index contributed by atoms with van der Waals surface area (Å²) < 4.78 is 31.4. The summed E-state index contributed by atoms with van der Waals surface area (Å²) in [6, 6.07) is 13.6. The summed E-state index contributed by atoms with van der Waals surface area (Å²) in [5, 5.41) is 0. The number of carbonyl (C=O) groups excluding carboxylic acids is 2. The number of aromatic nitrogens is 2. The van der Waals surface area contributed by atoms with Crippen LogP contribution in [0.2, 0.25) is 25.7 Å². The zero-order valence-corrected chi connectivity index (χ0v) is 31.6. The molecule has 1 aliphatic carbocycles. The highest BCUT2D eigenvalue weighted by atomic mass is 32.2. The van der Waals surface area contributed by atoms with E-state index >= 15 is 0 Å². The Kier molecular flexibility index (Phi) is 9.67. The zero-order chi connectivity index (χ0) is 34.6. The third-order valence-electron chi connectivity index (χ3n) is 9.81. The topological polar surface area (TPSA) is 103 Å². The standard InChI is InChI=1S/C37H52N4O5SSi/c1-36(2,3)47(44)39-31(26-17-18-46-37(4,5)22-26)33-38-29-21-25(15-16-30(29)40(33)23-45-19-20-48(6,7)8)32(24-13-14-24)41-34(42)27-11-9-10-12-28(27)35(41)43/h9-12,15-16,21,24,26,31-32,39H,13-14,17-20,22-23H2,1-8H3/t26?,31-,32+,47?/m0/s1. The normalized spacial score (nSPS) is 21.8. The van der Waals surface area contributed by atoms with E-state index in [1.807, 2.05) is 39.0 Å². The van der Waals surface area contributed by atoms with Crippen LogP contribution in [0.15, 0.2) is 42.5 Å². The molecule has 0 radical (unpaired) electrons. The maximum absolute atomic E-state index is 13.7. The van der Waals surface area contributed by atoms with E-state index in [9.17, 15) is 13.8 Å². The van der Waals surface area contributed by atoms with Gasteiger partial charge in [-0.05, 0) is 108 Å². The summed E-state index contributed by atoms with van der Waals surface area (Å²) in [5.74, 6) is 0.675. The van der Waals surface area contributed by atoms with Gasteiger partial charge in [0.25, 0.3) is 11.8 Å². The molecule has 3 aliphatic rings. The van der Waals surface area contributed by atoms with Crippen LogP contribution in [0.4, 0.5) is 0 Å². The number of nitrogens with zero attached hydrogens (tertiary/aromatic N) is 3. The van der Waals surface area contributed by atoms with Gasteiger partial charge in [0.1, 0.15) is 12.6 Å². The van der Waals surface area contributed by atoms with E-state index in [-0.39, 0.29) is 41.3 Å². The van der Waals surface area contributed by atoms with E-state index in [0.717, 1.165) is 54.1 Å². The second-order valence-corrected chi connectivity index (χ2v) is 24.3. The van der Waals surface area contributed by atoms with Crippen molar-refractivity contribution >= 4 is 41.9 Å². The van der Waals surface area contributed by atoms with Gasteiger partial charge in [-0.1, -0.05) is 37.8 Å². The fourth-order valence-corrected chi connectivity index (χ4v) is 8.62. The van der Waals surface area contributed by atoms with Gasteiger partial charge in [0.05, 0.1) is 55.6 Å². The smallest absolute Gasteiger partial charge is 0.262 e. The molecule has 260 valence electrons. The molecule has 0 bridgehead atoms. The van der Waals surface area contributed by atoms with Crippen LogP contribution in [0.25, 0.3) is 11.0 Å². The largest absolute Gasteiger partial charge is 0.376 e. The van der Waals surface area contributed by atoms with Crippen molar-refractivity contribution in [3.8, 4) is 0 Å². The van der Waals surface area contributed by atoms with E-state index in [1.165, 1.54) is 4.90 Å². The molecule has 4 atom stereocenters. The van der Waals surface area contributed by atoms with Crippen molar-refractivity contribution < 1.29 is 23.3 Å². The molecule has 0 spiro atoms. The van der Waals surface area contributed by atoms with Crippen LogP contribution in [0, 0.1) is 11.8 Å². The van der Waals surface area contributed by atoms with Crippen LogP contribution in [-0.4, -0.2) is 62.1 Å². The third kappa shape index (κ3) is 7.40. The van der Waals surface area contributed by atoms with E-state index < -0.39 is 23.8 Å². The van der Waals surface area contributed by atoms with Crippen LogP contribution in [-0.2, 0) is 27.2 Å². The minimum Gasteiger partial charge on any atom is -0.376 e. The van der Waals surface area contributed by atoms with Crippen LogP contribution in [0.5, 0.6) is 0 Å². The summed E-state index contributed by atoms with van der Waals surface area (Å²) in [5.41, 5.74) is 3.23. The molecule has 2 fully saturated rings. The molecule has 1 N–H and O–H groups in total. The number of rotatable bonds is 12. The predicted octanol–water partition coefficient (Wildman–Crippen LogP) is 7.39. The Morgan fingerprint density at radius 2 is 1.71 bits per heavy atom. The van der Waals surface area contributed by atoms with Gasteiger partial charge in [-0.3, -0.25) is 14.5 Å². The number of imidazole rings is 1. The van der Waals surface area contributed by atoms with Gasteiger partial charge in [-0.25, -0.2) is 13.9 Å². The van der Waals surface area contributed by atoms with Crippen molar-refractivity contribution in [1.29, 1.82) is 0 Å². The number of nitrogens with one attached hydrogen (secondary N) is 1. The van der Waals surface area contributed by atoms with Gasteiger partial charge < -0.3 is 14.0 Å². The molecule has 9 nitrogen and oxygen atoms in total. The number of fused-ring (bicyclic) bond motifs is 2. The van der Waals surface area contributed by atoms with Crippen LogP contribution >= 0.6 is 0 Å². The van der Waals surface area contributed by atoms with Crippen molar-refractivity contribution in [2.45, 2.75) is 115 Å². The van der Waals surface area contributed by atoms with E-state index in [1.54, 1.807) is 12.1 Å². The second-order valence-electron chi connectivity index (χ2n) is 16.6. The van der Waals surface area contributed by atoms with Gasteiger partial charge in [-0.2, -0.15) is 0 Å². The van der Waals surface area contributed by atoms with Crippen molar-refractivity contribution in [2.75, 3.05) is 13.2 Å². The van der Waals surface area contributed by atoms with Crippen LogP contribution < -0.4 is 4.72 Å². The molecule has 3 aromatic rings.